The molecule has 3 nitrogen and oxygen atoms in total. The molecule has 3 aromatic rings. The minimum atomic E-state index is -0.359. The van der Waals surface area contributed by atoms with Crippen molar-refractivity contribution in [1.82, 2.24) is 9.55 Å². The van der Waals surface area contributed by atoms with Crippen LogP contribution in [0.3, 0.4) is 0 Å². The average Bonchev–Trinajstić information content (AvgIpc) is 2.67. The molecule has 2 aromatic carbocycles. The Kier molecular flexibility index (Phi) is 2.30. The number of aryl methyl sites for hydroxylation is 1. The Balaban J connectivity index is 2.42. The lowest BCUT2D eigenvalue weighted by Crippen LogP contribution is -2.14. The van der Waals surface area contributed by atoms with E-state index in [1.807, 2.05) is 25.1 Å². The summed E-state index contributed by atoms with van der Waals surface area (Å²) in [7, 11) is 0. The Hall–Kier alpha value is -2.36. The van der Waals surface area contributed by atoms with Crippen LogP contribution in [-0.2, 0) is 0 Å². The van der Waals surface area contributed by atoms with Gasteiger partial charge in [0.1, 0.15) is 5.82 Å². The Bertz CT molecular complexity index is 786. The van der Waals surface area contributed by atoms with Crippen LogP contribution < -0.4 is 5.69 Å². The maximum Gasteiger partial charge on any atom is 0.331 e. The molecular formula is C14H11FN2O. The quantitative estimate of drug-likeness (QED) is 0.700. The van der Waals surface area contributed by atoms with E-state index in [1.165, 1.54) is 16.7 Å². The topological polar surface area (TPSA) is 37.8 Å². The number of nitrogens with one attached hydrogen (secondary N) is 1. The highest BCUT2D eigenvalue weighted by Crippen LogP contribution is 2.19. The second-order valence-electron chi connectivity index (χ2n) is 4.22. The first kappa shape index (κ1) is 10.8. The molecule has 0 spiro atoms. The molecule has 0 atom stereocenters. The minimum absolute atomic E-state index is 0.259. The molecule has 0 saturated heterocycles. The summed E-state index contributed by atoms with van der Waals surface area (Å²) in [6, 6.07) is 11.6. The summed E-state index contributed by atoms with van der Waals surface area (Å²) in [5.74, 6) is -0.359. The molecule has 1 heterocycles. The number of para-hydroxylation sites is 1. The van der Waals surface area contributed by atoms with Crippen molar-refractivity contribution in [2.24, 2.45) is 0 Å². The van der Waals surface area contributed by atoms with Crippen molar-refractivity contribution in [1.29, 1.82) is 0 Å². The molecule has 0 bridgehead atoms. The van der Waals surface area contributed by atoms with Crippen molar-refractivity contribution < 1.29 is 4.39 Å². The van der Waals surface area contributed by atoms with Crippen molar-refractivity contribution in [3.05, 3.63) is 64.3 Å². The molecule has 0 aliphatic heterocycles. The number of aromatic amines is 1. The third-order valence-corrected chi connectivity index (χ3v) is 2.97. The van der Waals surface area contributed by atoms with Gasteiger partial charge in [-0.1, -0.05) is 18.2 Å². The highest BCUT2D eigenvalue weighted by Gasteiger charge is 2.10. The van der Waals surface area contributed by atoms with Gasteiger partial charge in [-0.15, -0.1) is 0 Å². The molecule has 0 saturated carbocycles. The fraction of sp³-hybridized carbons (Fsp3) is 0.0714. The molecule has 0 unspecified atom stereocenters. The predicted octanol–water partition coefficient (Wildman–Crippen LogP) is 2.77. The van der Waals surface area contributed by atoms with Crippen LogP contribution in [0.5, 0.6) is 0 Å². The van der Waals surface area contributed by atoms with Crippen LogP contribution in [0, 0.1) is 12.7 Å². The van der Waals surface area contributed by atoms with Crippen molar-refractivity contribution >= 4 is 11.0 Å². The van der Waals surface area contributed by atoms with Gasteiger partial charge in [0.15, 0.2) is 0 Å². The normalized spacial score (nSPS) is 11.0. The number of aromatic nitrogens is 2. The zero-order valence-electron chi connectivity index (χ0n) is 9.77. The van der Waals surface area contributed by atoms with Gasteiger partial charge in [0, 0.05) is 0 Å². The largest absolute Gasteiger partial charge is 0.331 e. The van der Waals surface area contributed by atoms with Gasteiger partial charge >= 0.3 is 5.69 Å². The summed E-state index contributed by atoms with van der Waals surface area (Å²) >= 11 is 0. The zero-order valence-corrected chi connectivity index (χ0v) is 9.77. The number of H-pyrrole nitrogens is 1. The van der Waals surface area contributed by atoms with Crippen molar-refractivity contribution in [2.45, 2.75) is 6.92 Å². The lowest BCUT2D eigenvalue weighted by atomic mass is 10.2. The summed E-state index contributed by atoms with van der Waals surface area (Å²) in [5.41, 5.74) is 2.78. The Morgan fingerprint density at radius 2 is 1.94 bits per heavy atom. The maximum absolute atomic E-state index is 13.3. The number of hydrogen-bond donors (Lipinski definition) is 1. The first-order valence-electron chi connectivity index (χ1n) is 5.63. The van der Waals surface area contributed by atoms with E-state index < -0.39 is 0 Å². The lowest BCUT2D eigenvalue weighted by Gasteiger charge is -2.05. The minimum Gasteiger partial charge on any atom is -0.305 e. The smallest absolute Gasteiger partial charge is 0.305 e. The van der Waals surface area contributed by atoms with E-state index >= 15 is 0 Å². The summed E-state index contributed by atoms with van der Waals surface area (Å²) in [6.07, 6.45) is 0. The standard InChI is InChI=1S/C14H11FN2O/c1-9-4-2-7-12-13(9)17(14(18)16-12)11-6-3-5-10(15)8-11/h2-8H,1H3,(H,16,18). The number of fused-ring (bicyclic) bond motifs is 1. The van der Waals surface area contributed by atoms with Crippen LogP contribution in [-0.4, -0.2) is 9.55 Å². The van der Waals surface area contributed by atoms with Crippen molar-refractivity contribution in [3.8, 4) is 5.69 Å². The van der Waals surface area contributed by atoms with Crippen LogP contribution in [0.4, 0.5) is 4.39 Å². The van der Waals surface area contributed by atoms with Gasteiger partial charge in [0.25, 0.3) is 0 Å². The molecule has 90 valence electrons. The second-order valence-corrected chi connectivity index (χ2v) is 4.22. The van der Waals surface area contributed by atoms with Gasteiger partial charge < -0.3 is 4.98 Å². The van der Waals surface area contributed by atoms with Crippen LogP contribution in [0.15, 0.2) is 47.3 Å². The SMILES string of the molecule is Cc1cccc2[nH]c(=O)n(-c3cccc(F)c3)c12. The molecule has 0 amide bonds. The van der Waals surface area contributed by atoms with E-state index in [1.54, 1.807) is 12.1 Å². The Labute approximate surface area is 103 Å². The molecule has 1 N–H and O–H groups in total. The third kappa shape index (κ3) is 1.54. The molecule has 0 radical (unpaired) electrons. The molecule has 18 heavy (non-hydrogen) atoms. The van der Waals surface area contributed by atoms with Crippen LogP contribution >= 0.6 is 0 Å². The first-order chi connectivity index (χ1) is 8.66. The molecule has 0 aliphatic carbocycles. The fourth-order valence-electron chi connectivity index (χ4n) is 2.19. The summed E-state index contributed by atoms with van der Waals surface area (Å²) in [6.45, 7) is 1.92. The Morgan fingerprint density at radius 1 is 1.17 bits per heavy atom. The lowest BCUT2D eigenvalue weighted by molar-refractivity contribution is 0.626. The summed E-state index contributed by atoms with van der Waals surface area (Å²) in [5, 5.41) is 0. The molecule has 0 fully saturated rings. The summed E-state index contributed by atoms with van der Waals surface area (Å²) < 4.78 is 14.8. The maximum atomic E-state index is 13.3. The first-order valence-corrected chi connectivity index (χ1v) is 5.63. The molecular weight excluding hydrogens is 231 g/mol. The number of rotatable bonds is 1. The van der Waals surface area contributed by atoms with E-state index in [-0.39, 0.29) is 11.5 Å². The summed E-state index contributed by atoms with van der Waals surface area (Å²) in [4.78, 5) is 14.8. The highest BCUT2D eigenvalue weighted by molar-refractivity contribution is 5.80. The zero-order chi connectivity index (χ0) is 12.7. The van der Waals surface area contributed by atoms with E-state index in [4.69, 9.17) is 0 Å². The number of hydrogen-bond acceptors (Lipinski definition) is 1. The molecule has 3 rings (SSSR count). The van der Waals surface area contributed by atoms with E-state index in [0.717, 1.165) is 16.6 Å². The highest BCUT2D eigenvalue weighted by atomic mass is 19.1. The van der Waals surface area contributed by atoms with Gasteiger partial charge in [-0.2, -0.15) is 0 Å². The van der Waals surface area contributed by atoms with Gasteiger partial charge in [0.2, 0.25) is 0 Å². The van der Waals surface area contributed by atoms with E-state index in [0.29, 0.717) is 5.69 Å². The van der Waals surface area contributed by atoms with Crippen LogP contribution in [0.2, 0.25) is 0 Å². The Morgan fingerprint density at radius 3 is 2.72 bits per heavy atom. The third-order valence-electron chi connectivity index (χ3n) is 2.97. The molecule has 4 heteroatoms. The monoisotopic (exact) mass is 242 g/mol. The predicted molar refractivity (Wildman–Crippen MR) is 68.6 cm³/mol. The van der Waals surface area contributed by atoms with Crippen LogP contribution in [0.25, 0.3) is 16.7 Å². The van der Waals surface area contributed by atoms with Crippen molar-refractivity contribution in [3.63, 3.8) is 0 Å². The van der Waals surface area contributed by atoms with Gasteiger partial charge in [0.05, 0.1) is 16.7 Å². The van der Waals surface area contributed by atoms with Crippen molar-refractivity contribution in [2.75, 3.05) is 0 Å². The number of imidazole rings is 1. The second kappa shape index (κ2) is 3.84. The van der Waals surface area contributed by atoms with Crippen LogP contribution in [0.1, 0.15) is 5.56 Å². The average molecular weight is 242 g/mol. The number of halogens is 1. The van der Waals surface area contributed by atoms with E-state index in [2.05, 4.69) is 4.98 Å². The van der Waals surface area contributed by atoms with Gasteiger partial charge in [-0.25, -0.2) is 9.18 Å². The fourth-order valence-corrected chi connectivity index (χ4v) is 2.19. The molecule has 0 aliphatic rings. The molecule has 1 aromatic heterocycles. The van der Waals surface area contributed by atoms with Gasteiger partial charge in [-0.05, 0) is 36.8 Å². The number of nitrogens with zero attached hydrogens (tertiary/aromatic N) is 1. The number of benzene rings is 2. The van der Waals surface area contributed by atoms with Gasteiger partial charge in [-0.3, -0.25) is 4.57 Å². The van der Waals surface area contributed by atoms with E-state index in [9.17, 15) is 9.18 Å².